The van der Waals surface area contributed by atoms with Crippen LogP contribution in [0.1, 0.15) is 6.42 Å². The normalized spacial score (nSPS) is 14.3. The van der Waals surface area contributed by atoms with Crippen molar-refractivity contribution < 1.29 is 5.11 Å². The van der Waals surface area contributed by atoms with Gasteiger partial charge >= 0.3 is 0 Å². The fourth-order valence-electron chi connectivity index (χ4n) is 1.05. The lowest BCUT2D eigenvalue weighted by Gasteiger charge is -2.22. The number of hydrogen-bond acceptors (Lipinski definition) is 2. The van der Waals surface area contributed by atoms with Crippen molar-refractivity contribution in [1.29, 1.82) is 0 Å². The molecule has 0 heterocycles. The first-order valence-electron chi connectivity index (χ1n) is 4.37. The van der Waals surface area contributed by atoms with E-state index in [2.05, 4.69) is 13.2 Å². The van der Waals surface area contributed by atoms with E-state index in [1.165, 1.54) is 0 Å². The lowest BCUT2D eigenvalue weighted by atomic mass is 10.1. The average molecular weight is 181 g/mol. The van der Waals surface area contributed by atoms with Crippen LogP contribution in [-0.2, 0) is 0 Å². The largest absolute Gasteiger partial charge is 0.395 e. The van der Waals surface area contributed by atoms with Gasteiger partial charge in [-0.2, -0.15) is 0 Å². The van der Waals surface area contributed by atoms with Crippen LogP contribution in [0.3, 0.4) is 0 Å². The summed E-state index contributed by atoms with van der Waals surface area (Å²) in [6.07, 6.45) is 6.26. The smallest absolute Gasteiger partial charge is 0.0589 e. The highest BCUT2D eigenvalue weighted by atomic mass is 16.3. The lowest BCUT2D eigenvalue weighted by Crippen LogP contribution is -2.31. The maximum absolute atomic E-state index is 9.08. The van der Waals surface area contributed by atoms with Crippen LogP contribution in [0.4, 0.5) is 0 Å². The van der Waals surface area contributed by atoms with E-state index in [4.69, 9.17) is 5.11 Å². The number of nitrogens with zero attached hydrogens (tertiary/aromatic N) is 1. The molecule has 2 heteroatoms. The van der Waals surface area contributed by atoms with Crippen molar-refractivity contribution in [2.75, 3.05) is 20.7 Å². The van der Waals surface area contributed by atoms with E-state index >= 15 is 0 Å². The van der Waals surface area contributed by atoms with Gasteiger partial charge in [0.15, 0.2) is 0 Å². The van der Waals surface area contributed by atoms with Crippen LogP contribution in [0.5, 0.6) is 0 Å². The predicted octanol–water partition coefficient (Wildman–Crippen LogP) is 1.60. The molecular formula is C11H19NO. The summed E-state index contributed by atoms with van der Waals surface area (Å²) in [5, 5.41) is 9.08. The summed E-state index contributed by atoms with van der Waals surface area (Å²) in [5.74, 6) is 0. The molecular weight excluding hydrogens is 162 g/mol. The Kier molecular flexibility index (Phi) is 6.20. The van der Waals surface area contributed by atoms with E-state index in [0.29, 0.717) is 0 Å². The summed E-state index contributed by atoms with van der Waals surface area (Å²) in [6.45, 7) is 7.50. The summed E-state index contributed by atoms with van der Waals surface area (Å²) in [5.41, 5.74) is 1.10. The van der Waals surface area contributed by atoms with Gasteiger partial charge in [0.2, 0.25) is 0 Å². The van der Waals surface area contributed by atoms with Crippen molar-refractivity contribution in [2.24, 2.45) is 0 Å². The van der Waals surface area contributed by atoms with Gasteiger partial charge in [0.1, 0.15) is 0 Å². The molecule has 0 aliphatic rings. The van der Waals surface area contributed by atoms with Crippen molar-refractivity contribution in [3.05, 3.63) is 37.0 Å². The fourth-order valence-corrected chi connectivity index (χ4v) is 1.05. The summed E-state index contributed by atoms with van der Waals surface area (Å²) in [4.78, 5) is 2.00. The standard InChI is InChI=1S/C11H19NO/c1-5-7-10(6-2)8-11(9-13)12(3)4/h5-7,11,13H,1-2,8-9H2,3-4H3/b10-7+/t11-/m0/s1. The van der Waals surface area contributed by atoms with Crippen LogP contribution in [-0.4, -0.2) is 36.8 Å². The molecule has 2 nitrogen and oxygen atoms in total. The molecule has 0 saturated heterocycles. The Morgan fingerprint density at radius 3 is 2.38 bits per heavy atom. The maximum atomic E-state index is 9.08. The Morgan fingerprint density at radius 1 is 1.46 bits per heavy atom. The minimum absolute atomic E-state index is 0.157. The van der Waals surface area contributed by atoms with E-state index in [9.17, 15) is 0 Å². The van der Waals surface area contributed by atoms with Gasteiger partial charge in [0.05, 0.1) is 6.61 Å². The molecule has 0 radical (unpaired) electrons. The van der Waals surface area contributed by atoms with E-state index < -0.39 is 0 Å². The topological polar surface area (TPSA) is 23.5 Å². The van der Waals surface area contributed by atoms with Crippen LogP contribution in [0, 0.1) is 0 Å². The zero-order valence-corrected chi connectivity index (χ0v) is 8.53. The molecule has 0 aromatic carbocycles. The second kappa shape index (κ2) is 6.63. The maximum Gasteiger partial charge on any atom is 0.0589 e. The Balaban J connectivity index is 4.27. The van der Waals surface area contributed by atoms with Crippen molar-refractivity contribution in [3.63, 3.8) is 0 Å². The van der Waals surface area contributed by atoms with Gasteiger partial charge in [-0.05, 0) is 26.1 Å². The molecule has 0 fully saturated rings. The third-order valence-electron chi connectivity index (χ3n) is 2.01. The summed E-state index contributed by atoms with van der Waals surface area (Å²) in [6, 6.07) is 0.157. The molecule has 1 atom stereocenters. The lowest BCUT2D eigenvalue weighted by molar-refractivity contribution is 0.169. The first kappa shape index (κ1) is 12.1. The molecule has 0 aliphatic carbocycles. The summed E-state index contributed by atoms with van der Waals surface area (Å²) >= 11 is 0. The van der Waals surface area contributed by atoms with E-state index in [0.717, 1.165) is 12.0 Å². The molecule has 0 rings (SSSR count). The number of aliphatic hydroxyl groups excluding tert-OH is 1. The Bertz CT molecular complexity index is 194. The Morgan fingerprint density at radius 2 is 2.08 bits per heavy atom. The van der Waals surface area contributed by atoms with Crippen molar-refractivity contribution in [2.45, 2.75) is 12.5 Å². The van der Waals surface area contributed by atoms with Gasteiger partial charge in [0.25, 0.3) is 0 Å². The third kappa shape index (κ3) is 4.65. The molecule has 13 heavy (non-hydrogen) atoms. The summed E-state index contributed by atoms with van der Waals surface area (Å²) < 4.78 is 0. The van der Waals surface area contributed by atoms with Gasteiger partial charge in [-0.3, -0.25) is 0 Å². The van der Waals surface area contributed by atoms with E-state index in [1.807, 2.05) is 25.1 Å². The number of allylic oxidation sites excluding steroid dienone is 3. The van der Waals surface area contributed by atoms with Gasteiger partial charge < -0.3 is 10.0 Å². The highest BCUT2D eigenvalue weighted by Gasteiger charge is 2.10. The molecule has 1 N–H and O–H groups in total. The predicted molar refractivity (Wildman–Crippen MR) is 57.7 cm³/mol. The van der Waals surface area contributed by atoms with Crippen LogP contribution in [0.2, 0.25) is 0 Å². The van der Waals surface area contributed by atoms with Gasteiger partial charge in [-0.1, -0.05) is 31.4 Å². The highest BCUT2D eigenvalue weighted by Crippen LogP contribution is 2.09. The molecule has 0 aliphatic heterocycles. The molecule has 0 spiro atoms. The highest BCUT2D eigenvalue weighted by molar-refractivity contribution is 5.22. The van der Waals surface area contributed by atoms with Gasteiger partial charge in [0, 0.05) is 6.04 Å². The van der Waals surface area contributed by atoms with Crippen LogP contribution in [0.25, 0.3) is 0 Å². The first-order chi connectivity index (χ1) is 6.15. The first-order valence-corrected chi connectivity index (χ1v) is 4.37. The zero-order valence-electron chi connectivity index (χ0n) is 8.53. The number of rotatable bonds is 6. The quantitative estimate of drug-likeness (QED) is 0.629. The third-order valence-corrected chi connectivity index (χ3v) is 2.01. The van der Waals surface area contributed by atoms with E-state index in [-0.39, 0.29) is 12.6 Å². The molecule has 0 amide bonds. The van der Waals surface area contributed by atoms with Crippen LogP contribution in [0.15, 0.2) is 37.0 Å². The number of likely N-dealkylation sites (N-methyl/N-ethyl adjacent to an activating group) is 1. The molecule has 0 aromatic heterocycles. The molecule has 74 valence electrons. The minimum atomic E-state index is 0.157. The summed E-state index contributed by atoms with van der Waals surface area (Å²) in [7, 11) is 3.91. The van der Waals surface area contributed by atoms with Gasteiger partial charge in [-0.25, -0.2) is 0 Å². The van der Waals surface area contributed by atoms with Crippen molar-refractivity contribution in [3.8, 4) is 0 Å². The SMILES string of the molecule is C=C/C=C(\C=C)C[C@@H](CO)N(C)C. The van der Waals surface area contributed by atoms with Crippen molar-refractivity contribution in [1.82, 2.24) is 4.90 Å². The Hall–Kier alpha value is -0.860. The number of aliphatic hydroxyl groups is 1. The van der Waals surface area contributed by atoms with Gasteiger partial charge in [-0.15, -0.1) is 0 Å². The minimum Gasteiger partial charge on any atom is -0.395 e. The zero-order chi connectivity index (χ0) is 10.3. The van der Waals surface area contributed by atoms with Crippen LogP contribution >= 0.6 is 0 Å². The molecule has 0 bridgehead atoms. The fraction of sp³-hybridized carbons (Fsp3) is 0.455. The second-order valence-corrected chi connectivity index (χ2v) is 3.19. The van der Waals surface area contributed by atoms with Crippen LogP contribution < -0.4 is 0 Å². The van der Waals surface area contributed by atoms with Crippen molar-refractivity contribution >= 4 is 0 Å². The molecule has 0 aromatic rings. The Labute approximate surface area is 80.9 Å². The number of hydrogen-bond donors (Lipinski definition) is 1. The van der Waals surface area contributed by atoms with E-state index in [1.54, 1.807) is 12.2 Å². The monoisotopic (exact) mass is 181 g/mol. The molecule has 0 unspecified atom stereocenters. The molecule has 0 saturated carbocycles. The second-order valence-electron chi connectivity index (χ2n) is 3.19. The average Bonchev–Trinajstić information content (AvgIpc) is 2.11.